The molecule has 2 aromatic heterocycles. The summed E-state index contributed by atoms with van der Waals surface area (Å²) in [5, 5.41) is 0. The van der Waals surface area contributed by atoms with Crippen LogP contribution in [0.2, 0.25) is 0 Å². The maximum Gasteiger partial charge on any atom is 0.254 e. The Balaban J connectivity index is 1.08. The number of nitrogens with zero attached hydrogens (tertiary/aromatic N) is 4. The molecule has 3 heterocycles. The highest BCUT2D eigenvalue weighted by Crippen LogP contribution is 2.26. The highest BCUT2D eigenvalue weighted by Gasteiger charge is 2.23. The smallest absolute Gasteiger partial charge is 0.254 e. The summed E-state index contributed by atoms with van der Waals surface area (Å²) < 4.78 is 0. The summed E-state index contributed by atoms with van der Waals surface area (Å²) in [5.41, 5.74) is 3.63. The largest absolute Gasteiger partial charge is 0.347 e. The predicted octanol–water partition coefficient (Wildman–Crippen LogP) is 6.04. The number of piperidine rings is 1. The maximum absolute atomic E-state index is 13.3. The number of rotatable bonds is 10. The number of carbonyl (C=O) groups excluding carboxylic acids is 1. The monoisotopic (exact) mass is 514 g/mol. The number of allylic oxidation sites excluding steroid dienone is 1. The van der Waals surface area contributed by atoms with Crippen LogP contribution in [0.25, 0.3) is 0 Å². The van der Waals surface area contributed by atoms with Crippen molar-refractivity contribution in [1.82, 2.24) is 29.7 Å². The van der Waals surface area contributed by atoms with Gasteiger partial charge in [0.15, 0.2) is 0 Å². The summed E-state index contributed by atoms with van der Waals surface area (Å²) in [5.74, 6) is 1.49. The van der Waals surface area contributed by atoms with Gasteiger partial charge >= 0.3 is 0 Å². The van der Waals surface area contributed by atoms with Crippen LogP contribution in [0.5, 0.6) is 0 Å². The van der Waals surface area contributed by atoms with Crippen molar-refractivity contribution in [3.05, 3.63) is 83.5 Å². The standard InChI is InChI=1S/C31H42N6O/c38-31(37(23-29-32-17-18-33-29)24-30-34-19-20-35-30)27-13-11-25(12-14-27)7-5-6-8-26-15-21-36(22-16-26)28-9-3-1-2-4-10-28/h8,11-14,17-20,28H,1-7,9-10,15-16,21-24H2,(H,32,33)(H,34,35). The van der Waals surface area contributed by atoms with Crippen molar-refractivity contribution in [2.24, 2.45) is 0 Å². The number of aryl methyl sites for hydroxylation is 1. The van der Waals surface area contributed by atoms with E-state index in [2.05, 4.69) is 43.0 Å². The average Bonchev–Trinajstić information content (AvgIpc) is 3.60. The van der Waals surface area contributed by atoms with Crippen molar-refractivity contribution >= 4 is 5.91 Å². The molecule has 2 aliphatic rings. The van der Waals surface area contributed by atoms with Gasteiger partial charge in [-0.05, 0) is 62.6 Å². The van der Waals surface area contributed by atoms with E-state index < -0.39 is 0 Å². The number of carbonyl (C=O) groups is 1. The van der Waals surface area contributed by atoms with Crippen LogP contribution in [0.15, 0.2) is 60.7 Å². The van der Waals surface area contributed by atoms with Crippen molar-refractivity contribution in [2.75, 3.05) is 13.1 Å². The molecule has 0 unspecified atom stereocenters. The molecule has 1 saturated heterocycles. The first-order valence-electron chi connectivity index (χ1n) is 14.5. The topological polar surface area (TPSA) is 80.9 Å². The van der Waals surface area contributed by atoms with E-state index in [1.165, 1.54) is 70.0 Å². The number of amides is 1. The first-order chi connectivity index (χ1) is 18.7. The molecule has 1 saturated carbocycles. The maximum atomic E-state index is 13.3. The molecular weight excluding hydrogens is 472 g/mol. The Morgan fingerprint density at radius 2 is 1.55 bits per heavy atom. The molecule has 3 aromatic rings. The number of aromatic amines is 2. The van der Waals surface area contributed by atoms with Gasteiger partial charge in [0.2, 0.25) is 0 Å². The summed E-state index contributed by atoms with van der Waals surface area (Å²) in [6.45, 7) is 3.31. The summed E-state index contributed by atoms with van der Waals surface area (Å²) in [7, 11) is 0. The van der Waals surface area contributed by atoms with Gasteiger partial charge in [-0.25, -0.2) is 9.97 Å². The van der Waals surface area contributed by atoms with Crippen molar-refractivity contribution in [2.45, 2.75) is 89.8 Å². The minimum Gasteiger partial charge on any atom is -0.347 e. The number of unbranched alkanes of at least 4 members (excludes halogenated alkanes) is 1. The predicted molar refractivity (Wildman–Crippen MR) is 151 cm³/mol. The molecular formula is C31H42N6O. The second-order valence-electron chi connectivity index (χ2n) is 10.9. The average molecular weight is 515 g/mol. The Bertz CT molecular complexity index is 1080. The zero-order chi connectivity index (χ0) is 26.0. The summed E-state index contributed by atoms with van der Waals surface area (Å²) in [4.78, 5) is 32.6. The lowest BCUT2D eigenvalue weighted by molar-refractivity contribution is 0.0721. The van der Waals surface area contributed by atoms with E-state index in [1.807, 2.05) is 12.1 Å². The van der Waals surface area contributed by atoms with Gasteiger partial charge in [0.1, 0.15) is 11.6 Å². The fourth-order valence-electron chi connectivity index (χ4n) is 5.94. The molecule has 1 aliphatic carbocycles. The van der Waals surface area contributed by atoms with E-state index in [0.29, 0.717) is 18.7 Å². The molecule has 5 rings (SSSR count). The number of H-pyrrole nitrogens is 2. The van der Waals surface area contributed by atoms with Gasteiger partial charge in [-0.2, -0.15) is 0 Å². The number of nitrogens with one attached hydrogen (secondary N) is 2. The van der Waals surface area contributed by atoms with Crippen LogP contribution in [0.1, 0.15) is 91.8 Å². The van der Waals surface area contributed by atoms with Crippen LogP contribution in [-0.2, 0) is 19.5 Å². The zero-order valence-corrected chi connectivity index (χ0v) is 22.6. The van der Waals surface area contributed by atoms with Crippen LogP contribution >= 0.6 is 0 Å². The number of hydrogen-bond acceptors (Lipinski definition) is 4. The first-order valence-corrected chi connectivity index (χ1v) is 14.5. The molecule has 0 atom stereocenters. The van der Waals surface area contributed by atoms with Gasteiger partial charge in [-0.15, -0.1) is 0 Å². The molecule has 2 N–H and O–H groups in total. The highest BCUT2D eigenvalue weighted by atomic mass is 16.2. The van der Waals surface area contributed by atoms with Crippen LogP contribution < -0.4 is 0 Å². The molecule has 1 aliphatic heterocycles. The third-order valence-corrected chi connectivity index (χ3v) is 8.16. The number of aromatic nitrogens is 4. The Morgan fingerprint density at radius 1 is 0.921 bits per heavy atom. The SMILES string of the molecule is O=C(c1ccc(CCCC=C2CCN(C3CCCCCC3)CC2)cc1)N(Cc1ncc[nH]1)Cc1ncc[nH]1. The number of imidazole rings is 2. The summed E-state index contributed by atoms with van der Waals surface area (Å²) >= 11 is 0. The van der Waals surface area contributed by atoms with Crippen molar-refractivity contribution in [1.29, 1.82) is 0 Å². The van der Waals surface area contributed by atoms with E-state index in [1.54, 1.807) is 35.3 Å². The highest BCUT2D eigenvalue weighted by molar-refractivity contribution is 5.94. The molecule has 2 fully saturated rings. The van der Waals surface area contributed by atoms with E-state index in [4.69, 9.17) is 0 Å². The molecule has 7 heteroatoms. The molecule has 1 aromatic carbocycles. The van der Waals surface area contributed by atoms with Gasteiger partial charge in [0.05, 0.1) is 13.1 Å². The van der Waals surface area contributed by atoms with E-state index in [0.717, 1.165) is 37.0 Å². The van der Waals surface area contributed by atoms with E-state index in [9.17, 15) is 4.79 Å². The Morgan fingerprint density at radius 3 is 2.13 bits per heavy atom. The second-order valence-corrected chi connectivity index (χ2v) is 10.9. The molecule has 202 valence electrons. The Hall–Kier alpha value is -3.19. The third kappa shape index (κ3) is 7.44. The van der Waals surface area contributed by atoms with Crippen molar-refractivity contribution in [3.63, 3.8) is 0 Å². The first kappa shape index (κ1) is 26.4. The van der Waals surface area contributed by atoms with Gasteiger partial charge in [-0.3, -0.25) is 9.69 Å². The zero-order valence-electron chi connectivity index (χ0n) is 22.6. The molecule has 0 radical (unpaired) electrons. The summed E-state index contributed by atoms with van der Waals surface area (Å²) in [6.07, 6.45) is 23.8. The van der Waals surface area contributed by atoms with Crippen molar-refractivity contribution in [3.8, 4) is 0 Å². The number of hydrogen-bond donors (Lipinski definition) is 2. The molecule has 7 nitrogen and oxygen atoms in total. The Kier molecular flexibility index (Phi) is 9.43. The van der Waals surface area contributed by atoms with E-state index in [-0.39, 0.29) is 5.91 Å². The van der Waals surface area contributed by atoms with Gasteiger partial charge in [0.25, 0.3) is 5.91 Å². The van der Waals surface area contributed by atoms with Gasteiger partial charge in [0, 0.05) is 49.5 Å². The fourth-order valence-corrected chi connectivity index (χ4v) is 5.94. The third-order valence-electron chi connectivity index (χ3n) is 8.16. The Labute approximate surface area is 226 Å². The van der Waals surface area contributed by atoms with Gasteiger partial charge in [-0.1, -0.05) is 49.5 Å². The minimum atomic E-state index is -0.0238. The second kappa shape index (κ2) is 13.6. The molecule has 38 heavy (non-hydrogen) atoms. The minimum absolute atomic E-state index is 0.0238. The van der Waals surface area contributed by atoms with E-state index >= 15 is 0 Å². The lowest BCUT2D eigenvalue weighted by atomic mass is 9.97. The molecule has 1 amide bonds. The summed E-state index contributed by atoms with van der Waals surface area (Å²) in [6, 6.07) is 8.96. The van der Waals surface area contributed by atoms with Crippen LogP contribution in [0.3, 0.4) is 0 Å². The van der Waals surface area contributed by atoms with Crippen molar-refractivity contribution < 1.29 is 4.79 Å². The number of likely N-dealkylation sites (tertiary alicyclic amines) is 1. The lowest BCUT2D eigenvalue weighted by Crippen LogP contribution is -2.39. The quantitative estimate of drug-likeness (QED) is 0.196. The van der Waals surface area contributed by atoms with Crippen LogP contribution in [-0.4, -0.2) is 54.8 Å². The molecule has 0 bridgehead atoms. The number of benzene rings is 1. The normalized spacial score (nSPS) is 17.3. The van der Waals surface area contributed by atoms with Gasteiger partial charge < -0.3 is 14.9 Å². The fraction of sp³-hybridized carbons (Fsp3) is 0.516. The van der Waals surface area contributed by atoms with Crippen LogP contribution in [0.4, 0.5) is 0 Å². The van der Waals surface area contributed by atoms with Crippen LogP contribution in [0, 0.1) is 0 Å². The lowest BCUT2D eigenvalue weighted by Gasteiger charge is -2.35. The molecule has 0 spiro atoms.